The molecule has 4 rings (SSSR count). The van der Waals surface area contributed by atoms with Gasteiger partial charge in [0.25, 0.3) is 6.69 Å². The molecule has 61 heavy (non-hydrogen) atoms. The van der Waals surface area contributed by atoms with Crippen molar-refractivity contribution in [2.24, 2.45) is 0 Å². The Morgan fingerprint density at radius 2 is 0.525 bits per heavy atom. The van der Waals surface area contributed by atoms with Crippen molar-refractivity contribution >= 4 is 62.0 Å². The first-order chi connectivity index (χ1) is 28.3. The van der Waals surface area contributed by atoms with Crippen LogP contribution in [0.1, 0.15) is 59.3 Å². The number of rotatable bonds is 14. The van der Waals surface area contributed by atoms with Gasteiger partial charge in [-0.15, -0.1) is 44.0 Å². The fourth-order valence-corrected chi connectivity index (χ4v) is 8.93. The number of hydrogen-bond acceptors (Lipinski definition) is 0. The second-order valence-corrected chi connectivity index (χ2v) is 21.2. The molecule has 0 aliphatic carbocycles. The standard InChI is InChI=1S/C25H3BCl2F19Si.C12H27N/c1-48(27,28)25-23(46)12(35)5(13(36)24(25)47)26(2-6(29)14(37)20(43)15(38)7(2)30,3-8(31)16(39)21(44)17(40)9(3)32)4-10(33)18(41)22(45)19(42)11(4)34;1-4-7-10-13(11-8-5-2)12-9-6-3/h1H3;4-12H2,1-3H3/q-1;/p+1. The molecule has 4 aromatic rings. The summed E-state index contributed by atoms with van der Waals surface area (Å²) in [5.41, 5.74) is -14.0. The highest BCUT2D eigenvalue weighted by Gasteiger charge is 2.53. The second-order valence-electron chi connectivity index (χ2n) is 13.8. The minimum Gasteiger partial charge on any atom is -0.335 e. The van der Waals surface area contributed by atoms with Gasteiger partial charge in [0, 0.05) is 5.19 Å². The highest BCUT2D eigenvalue weighted by atomic mass is 35.7. The Hall–Kier alpha value is -3.63. The third-order valence-electron chi connectivity index (χ3n) is 9.85. The highest BCUT2D eigenvalue weighted by Crippen LogP contribution is 2.31. The molecule has 0 unspecified atom stereocenters. The van der Waals surface area contributed by atoms with Gasteiger partial charge in [-0.3, -0.25) is 0 Å². The van der Waals surface area contributed by atoms with E-state index in [9.17, 15) is 39.5 Å². The molecule has 0 heterocycles. The topological polar surface area (TPSA) is 4.44 Å². The lowest BCUT2D eigenvalue weighted by Crippen LogP contribution is -3.12. The van der Waals surface area contributed by atoms with Gasteiger partial charge in [0.2, 0.25) is 0 Å². The van der Waals surface area contributed by atoms with E-state index < -0.39 is 150 Å². The monoisotopic (exact) mass is 959 g/mol. The lowest BCUT2D eigenvalue weighted by Gasteiger charge is -2.45. The highest BCUT2D eigenvalue weighted by molar-refractivity contribution is 7.50. The summed E-state index contributed by atoms with van der Waals surface area (Å²) in [5, 5.41) is -2.10. The van der Waals surface area contributed by atoms with Crippen LogP contribution in [0.3, 0.4) is 0 Å². The summed E-state index contributed by atoms with van der Waals surface area (Å²) in [6, 6.07) is 0. The van der Waals surface area contributed by atoms with Gasteiger partial charge in [-0.1, -0.05) is 40.0 Å². The van der Waals surface area contributed by atoms with E-state index >= 15 is 43.9 Å². The first-order valence-electron chi connectivity index (χ1n) is 18.1. The van der Waals surface area contributed by atoms with Crippen LogP contribution in [0, 0.1) is 111 Å². The van der Waals surface area contributed by atoms with Crippen molar-refractivity contribution in [2.45, 2.75) is 65.8 Å². The van der Waals surface area contributed by atoms with Gasteiger partial charge < -0.3 is 4.90 Å². The second kappa shape index (κ2) is 20.3. The zero-order valence-electron chi connectivity index (χ0n) is 31.9. The van der Waals surface area contributed by atoms with Crippen LogP contribution in [0.15, 0.2) is 0 Å². The molecule has 1 N–H and O–H groups in total. The molecule has 0 spiro atoms. The van der Waals surface area contributed by atoms with Crippen molar-refractivity contribution in [2.75, 3.05) is 19.6 Å². The summed E-state index contributed by atoms with van der Waals surface area (Å²) >= 11 is 11.1. The molecule has 0 radical (unpaired) electrons. The largest absolute Gasteiger partial charge is 0.335 e. The molecule has 1 nitrogen and oxygen atoms in total. The molecule has 338 valence electrons. The predicted octanol–water partition coefficient (Wildman–Crippen LogP) is 8.74. The van der Waals surface area contributed by atoms with E-state index in [1.54, 1.807) is 0 Å². The van der Waals surface area contributed by atoms with Crippen LogP contribution < -0.4 is 31.9 Å². The molecule has 0 amide bonds. The van der Waals surface area contributed by atoms with Crippen molar-refractivity contribution in [3.8, 4) is 0 Å². The van der Waals surface area contributed by atoms with Crippen molar-refractivity contribution in [3.05, 3.63) is 111 Å². The van der Waals surface area contributed by atoms with Crippen molar-refractivity contribution < 1.29 is 88.3 Å². The van der Waals surface area contributed by atoms with E-state index in [1.807, 2.05) is 4.90 Å². The average molecular weight is 960 g/mol. The minimum atomic E-state index is -7.16. The molecule has 0 aliphatic heterocycles. The van der Waals surface area contributed by atoms with Gasteiger partial charge in [-0.2, -0.15) is 0 Å². The lowest BCUT2D eigenvalue weighted by molar-refractivity contribution is -0.900. The Balaban J connectivity index is 0.000000657. The molecule has 0 atom stereocenters. The molecule has 0 fully saturated rings. The van der Waals surface area contributed by atoms with Crippen LogP contribution in [0.25, 0.3) is 0 Å². The maximum atomic E-state index is 16.0. The van der Waals surface area contributed by atoms with E-state index in [4.69, 9.17) is 22.2 Å². The van der Waals surface area contributed by atoms with Crippen LogP contribution in [-0.2, 0) is 0 Å². The summed E-state index contributed by atoms with van der Waals surface area (Å²) < 4.78 is 286. The van der Waals surface area contributed by atoms with Gasteiger partial charge in [0.05, 0.1) is 19.6 Å². The fourth-order valence-electron chi connectivity index (χ4n) is 6.94. The van der Waals surface area contributed by atoms with Crippen LogP contribution >= 0.6 is 22.2 Å². The molecular weight excluding hydrogens is 929 g/mol. The molecular formula is C37H31BCl2F19NSi. The van der Waals surface area contributed by atoms with Gasteiger partial charge in [-0.25, -0.2) is 83.4 Å². The van der Waals surface area contributed by atoms with Crippen molar-refractivity contribution in [1.82, 2.24) is 0 Å². The van der Waals surface area contributed by atoms with Gasteiger partial charge >= 0.3 is 0 Å². The number of unbranched alkanes of at least 4 members (excludes halogenated alkanes) is 3. The normalized spacial score (nSPS) is 12.1. The molecule has 0 saturated heterocycles. The van der Waals surface area contributed by atoms with Gasteiger partial charge in [0.1, 0.15) is 52.7 Å². The fraction of sp³-hybridized carbons (Fsp3) is 0.351. The Kier molecular flexibility index (Phi) is 17.2. The zero-order chi connectivity index (χ0) is 46.8. The molecule has 0 saturated carbocycles. The average Bonchev–Trinajstić information content (AvgIpc) is 3.21. The SMILES string of the molecule is CCCC[NH+](CCCC)CCCC.C[Si](Cl)(Cl)c1c(F)c(F)c([B-](c2c(F)c(F)c(F)c(F)c2F)(c2c(F)c(F)c(F)c(F)c2F)c2c(F)c(F)c(F)c(F)c2F)c(F)c1F. The number of quaternary nitrogens is 1. The number of halogens is 21. The maximum Gasteiger partial charge on any atom is 0.283 e. The molecule has 4 aromatic carbocycles. The Bertz CT molecular complexity index is 2000. The molecule has 24 heteroatoms. The first kappa shape index (κ1) is 51.7. The van der Waals surface area contributed by atoms with Crippen molar-refractivity contribution in [3.63, 3.8) is 0 Å². The smallest absolute Gasteiger partial charge is 0.283 e. The lowest BCUT2D eigenvalue weighted by atomic mass is 9.12. The van der Waals surface area contributed by atoms with E-state index in [0.717, 1.165) is 0 Å². The minimum absolute atomic E-state index is 0.465. The predicted molar refractivity (Wildman–Crippen MR) is 193 cm³/mol. The van der Waals surface area contributed by atoms with Crippen LogP contribution in [-0.4, -0.2) is 32.5 Å². The van der Waals surface area contributed by atoms with Crippen molar-refractivity contribution in [1.29, 1.82) is 0 Å². The van der Waals surface area contributed by atoms with Crippen LogP contribution in [0.2, 0.25) is 6.55 Å². The quantitative estimate of drug-likeness (QED) is 0.0425. The summed E-state index contributed by atoms with van der Waals surface area (Å²) in [5.74, 6) is -66.0. The number of hydrogen-bond donors (Lipinski definition) is 1. The van der Waals surface area contributed by atoms with E-state index in [0.29, 0.717) is 6.55 Å². The summed E-state index contributed by atoms with van der Waals surface area (Å²) in [6.45, 7) is 6.65. The number of benzene rings is 4. The Morgan fingerprint density at radius 3 is 0.705 bits per heavy atom. The maximum absolute atomic E-state index is 16.0. The summed E-state index contributed by atoms with van der Waals surface area (Å²) in [4.78, 5) is 1.84. The van der Waals surface area contributed by atoms with Crippen LogP contribution in [0.5, 0.6) is 0 Å². The first-order valence-corrected chi connectivity index (χ1v) is 22.6. The summed E-state index contributed by atoms with van der Waals surface area (Å²) in [7, 11) is 0. The van der Waals surface area contributed by atoms with E-state index in [1.165, 1.54) is 58.2 Å². The van der Waals surface area contributed by atoms with E-state index in [2.05, 4.69) is 20.8 Å². The third-order valence-corrected chi connectivity index (χ3v) is 12.3. The molecule has 0 aliphatic rings. The van der Waals surface area contributed by atoms with E-state index in [-0.39, 0.29) is 0 Å². The third kappa shape index (κ3) is 9.23. The summed E-state index contributed by atoms with van der Waals surface area (Å²) in [6.07, 6.45) is 1.10. The Morgan fingerprint density at radius 1 is 0.344 bits per heavy atom. The number of nitrogens with one attached hydrogen (secondary N) is 1. The van der Waals surface area contributed by atoms with Gasteiger partial charge in [-0.05, 0) is 25.8 Å². The molecule has 0 bridgehead atoms. The Labute approximate surface area is 345 Å². The van der Waals surface area contributed by atoms with Crippen LogP contribution in [0.4, 0.5) is 83.4 Å². The molecule has 0 aromatic heterocycles. The van der Waals surface area contributed by atoms with Gasteiger partial charge in [0.15, 0.2) is 64.0 Å². The zero-order valence-corrected chi connectivity index (χ0v) is 34.4.